The Morgan fingerprint density at radius 2 is 1.71 bits per heavy atom. The van der Waals surface area contributed by atoms with Crippen LogP contribution in [0, 0.1) is 6.92 Å². The van der Waals surface area contributed by atoms with Crippen molar-refractivity contribution in [2.75, 3.05) is 31.6 Å². The number of nitrogens with one attached hydrogen (secondary N) is 1. The SMILES string of the molecule is CSc1ccc(S(=O)(=O)NCCSc2ccc(C)cc2)cc1C(=O)N1CCCCCC1. The minimum absolute atomic E-state index is 0.0711. The normalized spacial score (nSPS) is 15.0. The summed E-state index contributed by atoms with van der Waals surface area (Å²) in [5, 5.41) is 0. The molecule has 0 atom stereocenters. The number of rotatable bonds is 8. The molecule has 0 radical (unpaired) electrons. The molecule has 1 amide bonds. The standard InChI is InChI=1S/C23H30N2O3S3/c1-18-7-9-19(10-8-18)30-16-13-24-31(27,28)20-11-12-22(29-2)21(17-20)23(26)25-14-5-3-4-6-15-25/h7-12,17,24H,3-6,13-16H2,1-2H3. The average Bonchev–Trinajstić information content (AvgIpc) is 3.06. The van der Waals surface area contributed by atoms with Crippen molar-refractivity contribution in [3.05, 3.63) is 53.6 Å². The summed E-state index contributed by atoms with van der Waals surface area (Å²) in [5.74, 6) is 0.559. The number of aryl methyl sites for hydroxylation is 1. The van der Waals surface area contributed by atoms with E-state index in [9.17, 15) is 13.2 Å². The van der Waals surface area contributed by atoms with Crippen molar-refractivity contribution in [2.45, 2.75) is 47.3 Å². The van der Waals surface area contributed by atoms with E-state index in [-0.39, 0.29) is 10.8 Å². The van der Waals surface area contributed by atoms with Gasteiger partial charge in [0.2, 0.25) is 10.0 Å². The molecule has 2 aromatic carbocycles. The Bertz CT molecular complexity index is 984. The summed E-state index contributed by atoms with van der Waals surface area (Å²) in [4.78, 5) is 17.1. The highest BCUT2D eigenvalue weighted by molar-refractivity contribution is 7.99. The highest BCUT2D eigenvalue weighted by Crippen LogP contribution is 2.26. The van der Waals surface area contributed by atoms with E-state index in [1.165, 1.54) is 23.4 Å². The van der Waals surface area contributed by atoms with Crippen molar-refractivity contribution in [3.8, 4) is 0 Å². The number of hydrogen-bond acceptors (Lipinski definition) is 5. The van der Waals surface area contributed by atoms with Crippen LogP contribution in [-0.4, -0.2) is 50.9 Å². The molecule has 0 spiro atoms. The first-order chi connectivity index (χ1) is 14.9. The van der Waals surface area contributed by atoms with Crippen molar-refractivity contribution in [1.29, 1.82) is 0 Å². The molecule has 31 heavy (non-hydrogen) atoms. The molecular weight excluding hydrogens is 448 g/mol. The Hall–Kier alpha value is -1.48. The van der Waals surface area contributed by atoms with Gasteiger partial charge in [0, 0.05) is 35.2 Å². The zero-order valence-corrected chi connectivity index (χ0v) is 20.5. The predicted molar refractivity (Wildman–Crippen MR) is 130 cm³/mol. The van der Waals surface area contributed by atoms with Crippen molar-refractivity contribution < 1.29 is 13.2 Å². The van der Waals surface area contributed by atoms with Crippen LogP contribution < -0.4 is 4.72 Å². The number of carbonyl (C=O) groups excluding carboxylic acids is 1. The van der Waals surface area contributed by atoms with E-state index < -0.39 is 10.0 Å². The first kappa shape index (κ1) is 24.2. The lowest BCUT2D eigenvalue weighted by Crippen LogP contribution is -2.32. The molecule has 1 heterocycles. The highest BCUT2D eigenvalue weighted by Gasteiger charge is 2.23. The van der Waals surface area contributed by atoms with Gasteiger partial charge >= 0.3 is 0 Å². The van der Waals surface area contributed by atoms with E-state index in [4.69, 9.17) is 0 Å². The Kier molecular flexibility index (Phi) is 8.89. The molecule has 0 bridgehead atoms. The zero-order valence-electron chi connectivity index (χ0n) is 18.1. The first-order valence-electron chi connectivity index (χ1n) is 10.6. The van der Waals surface area contributed by atoms with Gasteiger partial charge in [0.15, 0.2) is 0 Å². The number of hydrogen-bond donors (Lipinski definition) is 1. The molecule has 2 aromatic rings. The third-order valence-corrected chi connectivity index (χ3v) is 8.56. The first-order valence-corrected chi connectivity index (χ1v) is 14.3. The van der Waals surface area contributed by atoms with Gasteiger partial charge in [-0.25, -0.2) is 13.1 Å². The zero-order chi connectivity index (χ0) is 22.3. The number of sulfonamides is 1. The van der Waals surface area contributed by atoms with Crippen LogP contribution in [0.25, 0.3) is 0 Å². The molecule has 168 valence electrons. The summed E-state index contributed by atoms with van der Waals surface area (Å²) in [6.45, 7) is 3.83. The van der Waals surface area contributed by atoms with Gasteiger partial charge in [0.25, 0.3) is 5.91 Å². The van der Waals surface area contributed by atoms with Crippen LogP contribution in [0.1, 0.15) is 41.6 Å². The van der Waals surface area contributed by atoms with Gasteiger partial charge in [0.05, 0.1) is 10.5 Å². The van der Waals surface area contributed by atoms with Crippen LogP contribution in [-0.2, 0) is 10.0 Å². The summed E-state index contributed by atoms with van der Waals surface area (Å²) in [5.41, 5.74) is 1.68. The van der Waals surface area contributed by atoms with Crippen molar-refractivity contribution in [1.82, 2.24) is 9.62 Å². The quantitative estimate of drug-likeness (QED) is 0.436. The van der Waals surface area contributed by atoms with E-state index in [0.29, 0.717) is 17.9 Å². The number of carbonyl (C=O) groups is 1. The van der Waals surface area contributed by atoms with Gasteiger partial charge in [-0.15, -0.1) is 23.5 Å². The van der Waals surface area contributed by atoms with Crippen LogP contribution >= 0.6 is 23.5 Å². The molecule has 1 saturated heterocycles. The third kappa shape index (κ3) is 6.75. The van der Waals surface area contributed by atoms with Gasteiger partial charge in [-0.05, 0) is 56.4 Å². The average molecular weight is 479 g/mol. The number of nitrogens with zero attached hydrogens (tertiary/aromatic N) is 1. The van der Waals surface area contributed by atoms with Crippen LogP contribution in [0.5, 0.6) is 0 Å². The van der Waals surface area contributed by atoms with Crippen molar-refractivity contribution in [3.63, 3.8) is 0 Å². The monoisotopic (exact) mass is 478 g/mol. The second-order valence-corrected chi connectivity index (χ2v) is 11.4. The van der Waals surface area contributed by atoms with Gasteiger partial charge in [0.1, 0.15) is 0 Å². The van der Waals surface area contributed by atoms with Gasteiger partial charge in [-0.1, -0.05) is 30.5 Å². The number of thioether (sulfide) groups is 2. The van der Waals surface area contributed by atoms with Crippen LogP contribution in [0.2, 0.25) is 0 Å². The Morgan fingerprint density at radius 3 is 2.35 bits per heavy atom. The maximum absolute atomic E-state index is 13.1. The third-order valence-electron chi connectivity index (χ3n) is 5.29. The van der Waals surface area contributed by atoms with Gasteiger partial charge in [-0.2, -0.15) is 0 Å². The van der Waals surface area contributed by atoms with E-state index in [2.05, 4.69) is 4.72 Å². The maximum atomic E-state index is 13.1. The highest BCUT2D eigenvalue weighted by atomic mass is 32.2. The van der Waals surface area contributed by atoms with Crippen molar-refractivity contribution >= 4 is 39.5 Å². The predicted octanol–water partition coefficient (Wildman–Crippen LogP) is 4.80. The molecule has 1 fully saturated rings. The lowest BCUT2D eigenvalue weighted by molar-refractivity contribution is 0.0758. The summed E-state index contributed by atoms with van der Waals surface area (Å²) in [7, 11) is -3.68. The summed E-state index contributed by atoms with van der Waals surface area (Å²) >= 11 is 3.08. The van der Waals surface area contributed by atoms with E-state index in [1.54, 1.807) is 23.9 Å². The molecule has 0 aromatic heterocycles. The summed E-state index contributed by atoms with van der Waals surface area (Å²) in [6.07, 6.45) is 6.18. The second kappa shape index (κ2) is 11.4. The minimum Gasteiger partial charge on any atom is -0.339 e. The fourth-order valence-electron chi connectivity index (χ4n) is 3.53. The van der Waals surface area contributed by atoms with E-state index in [0.717, 1.165) is 48.6 Å². The summed E-state index contributed by atoms with van der Waals surface area (Å²) in [6, 6.07) is 13.0. The smallest absolute Gasteiger partial charge is 0.255 e. The van der Waals surface area contributed by atoms with Crippen molar-refractivity contribution in [2.24, 2.45) is 0 Å². The molecular formula is C23H30N2O3S3. The van der Waals surface area contributed by atoms with Crippen LogP contribution in [0.3, 0.4) is 0 Å². The fourth-order valence-corrected chi connectivity index (χ4v) is 6.05. The van der Waals surface area contributed by atoms with E-state index >= 15 is 0 Å². The summed E-state index contributed by atoms with van der Waals surface area (Å²) < 4.78 is 28.4. The molecule has 0 unspecified atom stereocenters. The molecule has 0 saturated carbocycles. The van der Waals surface area contributed by atoms with E-state index in [1.807, 2.05) is 42.3 Å². The molecule has 3 rings (SSSR count). The Morgan fingerprint density at radius 1 is 1.03 bits per heavy atom. The number of benzene rings is 2. The van der Waals surface area contributed by atoms with Crippen LogP contribution in [0.4, 0.5) is 0 Å². The fraction of sp³-hybridized carbons (Fsp3) is 0.435. The lowest BCUT2D eigenvalue weighted by Gasteiger charge is -2.22. The molecule has 1 aliphatic rings. The molecule has 5 nitrogen and oxygen atoms in total. The molecule has 1 aliphatic heterocycles. The molecule has 0 aliphatic carbocycles. The second-order valence-electron chi connectivity index (χ2n) is 7.63. The molecule has 8 heteroatoms. The van der Waals surface area contributed by atoms with Gasteiger partial charge in [-0.3, -0.25) is 4.79 Å². The number of likely N-dealkylation sites (tertiary alicyclic amines) is 1. The van der Waals surface area contributed by atoms with Gasteiger partial charge < -0.3 is 4.90 Å². The maximum Gasteiger partial charge on any atom is 0.255 e. The largest absolute Gasteiger partial charge is 0.339 e. The lowest BCUT2D eigenvalue weighted by atomic mass is 10.2. The Balaban J connectivity index is 1.68. The Labute approximate surface area is 194 Å². The molecule has 1 N–H and O–H groups in total. The minimum atomic E-state index is -3.68. The van der Waals surface area contributed by atoms with Crippen LogP contribution in [0.15, 0.2) is 57.2 Å². The number of amides is 1. The topological polar surface area (TPSA) is 66.5 Å².